The van der Waals surface area contributed by atoms with Gasteiger partial charge in [0.1, 0.15) is 0 Å². The number of carbonyl (C=O) groups is 1. The quantitative estimate of drug-likeness (QED) is 0.596. The van der Waals surface area contributed by atoms with E-state index in [0.29, 0.717) is 18.9 Å². The molecule has 2 fully saturated rings. The van der Waals surface area contributed by atoms with Crippen LogP contribution in [0.4, 0.5) is 0 Å². The molecule has 2 atom stereocenters. The van der Waals surface area contributed by atoms with Crippen molar-refractivity contribution >= 4 is 5.91 Å². The van der Waals surface area contributed by atoms with Crippen LogP contribution in [-0.2, 0) is 0 Å². The van der Waals surface area contributed by atoms with Crippen LogP contribution >= 0.6 is 0 Å². The highest BCUT2D eigenvalue weighted by Crippen LogP contribution is 2.29. The fourth-order valence-electron chi connectivity index (χ4n) is 2.71. The third kappa shape index (κ3) is 1.78. The number of nitrogens with one attached hydrogen (secondary N) is 1. The van der Waals surface area contributed by atoms with Gasteiger partial charge in [0.05, 0.1) is 31.4 Å². The third-order valence-corrected chi connectivity index (χ3v) is 3.67. The molecule has 7 nitrogen and oxygen atoms in total. The number of rotatable bonds is 2. The molecule has 1 aromatic carbocycles. The summed E-state index contributed by atoms with van der Waals surface area (Å²) in [6, 6.07) is 8.69. The minimum Gasteiger partial charge on any atom is -0.296 e. The molecule has 2 saturated heterocycles. The predicted octanol–water partition coefficient (Wildman–Crippen LogP) is -0.0644. The van der Waals surface area contributed by atoms with Gasteiger partial charge < -0.3 is 0 Å². The maximum absolute atomic E-state index is 12.5. The second kappa shape index (κ2) is 4.29. The summed E-state index contributed by atoms with van der Waals surface area (Å²) in [5, 5.41) is 14.4. The van der Waals surface area contributed by atoms with Gasteiger partial charge in [-0.2, -0.15) is 0 Å². The first-order chi connectivity index (χ1) is 9.13. The minimum atomic E-state index is -1.34. The van der Waals surface area contributed by atoms with Gasteiger partial charge in [-0.3, -0.25) is 30.0 Å². The molecule has 0 radical (unpaired) electrons. The number of nitrogens with zero attached hydrogens (tertiary/aromatic N) is 3. The Morgan fingerprint density at radius 1 is 1.37 bits per heavy atom. The van der Waals surface area contributed by atoms with Gasteiger partial charge in [0.15, 0.2) is 0 Å². The van der Waals surface area contributed by atoms with Crippen molar-refractivity contribution in [1.82, 2.24) is 15.1 Å². The molecule has 7 heteroatoms. The number of benzene rings is 1. The predicted molar refractivity (Wildman–Crippen MR) is 66.8 cm³/mol. The molecule has 1 aromatic rings. The zero-order valence-corrected chi connectivity index (χ0v) is 10.3. The highest BCUT2D eigenvalue weighted by molar-refractivity contribution is 5.94. The first-order valence-electron chi connectivity index (χ1n) is 6.08. The van der Waals surface area contributed by atoms with Gasteiger partial charge in [0.2, 0.25) is 0 Å². The molecule has 19 heavy (non-hydrogen) atoms. The summed E-state index contributed by atoms with van der Waals surface area (Å²) in [6.45, 7) is 1.34. The minimum absolute atomic E-state index is 0.190. The second-order valence-electron chi connectivity index (χ2n) is 4.89. The topological polar surface area (TPSA) is 78.7 Å². The lowest BCUT2D eigenvalue weighted by molar-refractivity contribution is -0.587. The van der Waals surface area contributed by atoms with Gasteiger partial charge in [-0.05, 0) is 12.1 Å². The van der Waals surface area contributed by atoms with E-state index in [9.17, 15) is 14.9 Å². The average Bonchev–Trinajstić information content (AvgIpc) is 2.71. The Labute approximate surface area is 109 Å². The zero-order chi connectivity index (χ0) is 13.5. The highest BCUT2D eigenvalue weighted by atomic mass is 16.6. The van der Waals surface area contributed by atoms with E-state index < -0.39 is 5.66 Å². The summed E-state index contributed by atoms with van der Waals surface area (Å²) in [6.07, 6.45) is 0. The number of amides is 1. The van der Waals surface area contributed by atoms with Gasteiger partial charge in [-0.25, -0.2) is 0 Å². The molecule has 2 aliphatic heterocycles. The van der Waals surface area contributed by atoms with Crippen molar-refractivity contribution in [3.8, 4) is 0 Å². The van der Waals surface area contributed by atoms with Crippen LogP contribution in [0.1, 0.15) is 10.4 Å². The summed E-state index contributed by atoms with van der Waals surface area (Å²) in [5.41, 5.74) is -0.858. The van der Waals surface area contributed by atoms with Crippen molar-refractivity contribution in [3.63, 3.8) is 0 Å². The van der Waals surface area contributed by atoms with E-state index >= 15 is 0 Å². The van der Waals surface area contributed by atoms with E-state index in [1.807, 2.05) is 11.0 Å². The Bertz CT molecular complexity index is 521. The molecule has 1 amide bonds. The summed E-state index contributed by atoms with van der Waals surface area (Å²) >= 11 is 0. The lowest BCUT2D eigenvalue weighted by atomic mass is 10.1. The monoisotopic (exact) mass is 262 g/mol. The van der Waals surface area contributed by atoms with E-state index in [1.165, 1.54) is 4.90 Å². The van der Waals surface area contributed by atoms with Gasteiger partial charge in [-0.1, -0.05) is 18.2 Å². The third-order valence-electron chi connectivity index (χ3n) is 3.67. The van der Waals surface area contributed by atoms with Crippen LogP contribution < -0.4 is 5.32 Å². The molecular formula is C12H14N4O3. The molecule has 2 unspecified atom stereocenters. The molecule has 0 saturated carbocycles. The smallest absolute Gasteiger partial charge is 0.296 e. The van der Waals surface area contributed by atoms with Gasteiger partial charge >= 0.3 is 5.66 Å². The standard InChI is InChI=1S/C12H14N4O3/c17-11(10-4-2-1-3-5-10)15-9-14-7-12(15,16(18)19)6-13-8-14/h1-5,13H,6-9H2. The van der Waals surface area contributed by atoms with Crippen molar-refractivity contribution in [2.45, 2.75) is 5.66 Å². The number of carbonyl (C=O) groups excluding carboxylic acids is 1. The van der Waals surface area contributed by atoms with Crippen LogP contribution in [0.25, 0.3) is 0 Å². The molecule has 0 spiro atoms. The van der Waals surface area contributed by atoms with E-state index in [0.717, 1.165) is 0 Å². The van der Waals surface area contributed by atoms with Crippen LogP contribution in [0.5, 0.6) is 0 Å². The summed E-state index contributed by atoms with van der Waals surface area (Å²) in [5.74, 6) is -0.288. The average molecular weight is 262 g/mol. The first kappa shape index (κ1) is 12.1. The number of fused-ring (bicyclic) bond motifs is 2. The van der Waals surface area contributed by atoms with Crippen LogP contribution in [0, 0.1) is 10.1 Å². The second-order valence-corrected chi connectivity index (χ2v) is 4.89. The summed E-state index contributed by atoms with van der Waals surface area (Å²) < 4.78 is 0. The molecular weight excluding hydrogens is 248 g/mol. The van der Waals surface area contributed by atoms with Crippen LogP contribution in [0.3, 0.4) is 0 Å². The maximum Gasteiger partial charge on any atom is 0.324 e. The van der Waals surface area contributed by atoms with Gasteiger partial charge in [0, 0.05) is 5.56 Å². The Morgan fingerprint density at radius 2 is 2.11 bits per heavy atom. The van der Waals surface area contributed by atoms with Crippen molar-refractivity contribution in [3.05, 3.63) is 46.0 Å². The van der Waals surface area contributed by atoms with E-state index in [2.05, 4.69) is 5.32 Å². The zero-order valence-electron chi connectivity index (χ0n) is 10.3. The molecule has 0 aliphatic carbocycles. The Hall–Kier alpha value is -1.99. The molecule has 2 bridgehead atoms. The largest absolute Gasteiger partial charge is 0.324 e. The SMILES string of the molecule is O=C(c1ccccc1)N1CN2CNCC1([N+](=O)[O-])C2. The normalized spacial score (nSPS) is 29.3. The fraction of sp³-hybridized carbons (Fsp3) is 0.417. The Kier molecular flexibility index (Phi) is 2.72. The molecule has 100 valence electrons. The lowest BCUT2D eigenvalue weighted by Crippen LogP contribution is -2.62. The van der Waals surface area contributed by atoms with E-state index in [4.69, 9.17) is 0 Å². The maximum atomic E-state index is 12.5. The van der Waals surface area contributed by atoms with Gasteiger partial charge in [-0.15, -0.1) is 0 Å². The molecule has 2 heterocycles. The van der Waals surface area contributed by atoms with Crippen molar-refractivity contribution in [1.29, 1.82) is 0 Å². The number of hydrogen-bond acceptors (Lipinski definition) is 5. The first-order valence-corrected chi connectivity index (χ1v) is 6.08. The van der Waals surface area contributed by atoms with Crippen LogP contribution in [0.15, 0.2) is 30.3 Å². The lowest BCUT2D eigenvalue weighted by Gasteiger charge is -2.30. The van der Waals surface area contributed by atoms with Crippen molar-refractivity contribution < 1.29 is 9.72 Å². The van der Waals surface area contributed by atoms with E-state index in [-0.39, 0.29) is 23.9 Å². The summed E-state index contributed by atoms with van der Waals surface area (Å²) in [4.78, 5) is 26.8. The van der Waals surface area contributed by atoms with Crippen LogP contribution in [0.2, 0.25) is 0 Å². The fourth-order valence-corrected chi connectivity index (χ4v) is 2.71. The number of hydrogen-bond donors (Lipinski definition) is 1. The molecule has 0 aromatic heterocycles. The van der Waals surface area contributed by atoms with Crippen LogP contribution in [-0.4, -0.2) is 52.7 Å². The van der Waals surface area contributed by atoms with Crippen molar-refractivity contribution in [2.24, 2.45) is 0 Å². The number of nitro groups is 1. The molecule has 1 N–H and O–H groups in total. The van der Waals surface area contributed by atoms with Gasteiger partial charge in [0.25, 0.3) is 5.91 Å². The van der Waals surface area contributed by atoms with E-state index in [1.54, 1.807) is 24.3 Å². The molecule has 3 rings (SSSR count). The molecule has 2 aliphatic rings. The Balaban J connectivity index is 1.95. The summed E-state index contributed by atoms with van der Waals surface area (Å²) in [7, 11) is 0. The Morgan fingerprint density at radius 3 is 2.79 bits per heavy atom. The highest BCUT2D eigenvalue weighted by Gasteiger charge is 2.59. The van der Waals surface area contributed by atoms with Crippen molar-refractivity contribution in [2.75, 3.05) is 26.4 Å².